The van der Waals surface area contributed by atoms with E-state index in [4.69, 9.17) is 9.47 Å². The van der Waals surface area contributed by atoms with Crippen LogP contribution >= 0.6 is 0 Å². The van der Waals surface area contributed by atoms with Gasteiger partial charge in [0.1, 0.15) is 0 Å². The number of carbonyl (C=O) groups excluding carboxylic acids is 1. The first-order chi connectivity index (χ1) is 15.5. The largest absolute Gasteiger partial charge is 0.381 e. The number of ether oxygens (including phenoxy) is 2. The first-order valence-electron chi connectivity index (χ1n) is 11.7. The standard InChI is InChI=1S/C22H34N4O5S/c27-22(24-17-5-2-1-3-6-17)25-21-15-19(32(28,29)26-10-13-30-14-11-26)8-9-20(21)23-16-18-7-4-12-31-18/h8-9,15,17-18,23H,1-7,10-14,16H2,(H2,24,25,27)/t18-/m0/s1. The number of morpholine rings is 1. The number of nitrogens with zero attached hydrogens (tertiary/aromatic N) is 1. The molecular weight excluding hydrogens is 432 g/mol. The normalized spacial score (nSPS) is 23.1. The molecule has 1 saturated carbocycles. The lowest BCUT2D eigenvalue weighted by Gasteiger charge is -2.27. The van der Waals surface area contributed by atoms with Crippen molar-refractivity contribution in [3.05, 3.63) is 18.2 Å². The van der Waals surface area contributed by atoms with Gasteiger partial charge in [0.15, 0.2) is 0 Å². The number of carbonyl (C=O) groups is 1. The van der Waals surface area contributed by atoms with Crippen LogP contribution in [0.2, 0.25) is 0 Å². The molecule has 32 heavy (non-hydrogen) atoms. The first-order valence-corrected chi connectivity index (χ1v) is 13.1. The second kappa shape index (κ2) is 10.8. The molecule has 0 aromatic heterocycles. The van der Waals surface area contributed by atoms with Gasteiger partial charge in [-0.05, 0) is 43.9 Å². The zero-order valence-electron chi connectivity index (χ0n) is 18.5. The molecule has 9 nitrogen and oxygen atoms in total. The highest BCUT2D eigenvalue weighted by molar-refractivity contribution is 7.89. The summed E-state index contributed by atoms with van der Waals surface area (Å²) in [6.07, 6.45) is 7.54. The molecule has 2 amide bonds. The van der Waals surface area contributed by atoms with Crippen LogP contribution < -0.4 is 16.0 Å². The van der Waals surface area contributed by atoms with Gasteiger partial charge in [-0.3, -0.25) is 0 Å². The Kier molecular flexibility index (Phi) is 7.88. The molecule has 0 bridgehead atoms. The summed E-state index contributed by atoms with van der Waals surface area (Å²) in [5.41, 5.74) is 1.13. The molecule has 0 unspecified atom stereocenters. The fourth-order valence-corrected chi connectivity index (χ4v) is 5.93. The SMILES string of the molecule is O=C(Nc1cc(S(=O)(=O)N2CCOCC2)ccc1NC[C@@H]1CCCO1)NC1CCCCC1. The summed E-state index contributed by atoms with van der Waals surface area (Å²) in [6.45, 7) is 2.79. The molecule has 178 valence electrons. The number of amides is 2. The number of sulfonamides is 1. The zero-order valence-corrected chi connectivity index (χ0v) is 19.3. The Morgan fingerprint density at radius 2 is 1.78 bits per heavy atom. The van der Waals surface area contributed by atoms with E-state index < -0.39 is 10.0 Å². The Hall–Kier alpha value is -1.88. The first kappa shape index (κ1) is 23.3. The number of hydrogen-bond donors (Lipinski definition) is 3. The molecule has 1 atom stereocenters. The third-order valence-electron chi connectivity index (χ3n) is 6.33. The van der Waals surface area contributed by atoms with Gasteiger partial charge in [0.05, 0.1) is 35.6 Å². The molecule has 2 saturated heterocycles. The van der Waals surface area contributed by atoms with E-state index in [1.165, 1.54) is 10.7 Å². The number of rotatable bonds is 7. The maximum Gasteiger partial charge on any atom is 0.319 e. The van der Waals surface area contributed by atoms with Crippen molar-refractivity contribution in [1.82, 2.24) is 9.62 Å². The van der Waals surface area contributed by atoms with Crippen molar-refractivity contribution >= 4 is 27.4 Å². The second-order valence-corrected chi connectivity index (χ2v) is 10.6. The fourth-order valence-electron chi connectivity index (χ4n) is 4.50. The lowest BCUT2D eigenvalue weighted by atomic mass is 9.96. The molecule has 4 rings (SSSR count). The van der Waals surface area contributed by atoms with E-state index in [1.54, 1.807) is 18.2 Å². The van der Waals surface area contributed by atoms with Crippen LogP contribution in [0.15, 0.2) is 23.1 Å². The summed E-state index contributed by atoms with van der Waals surface area (Å²) in [5, 5.41) is 9.25. The molecule has 2 heterocycles. The molecule has 3 N–H and O–H groups in total. The highest BCUT2D eigenvalue weighted by Crippen LogP contribution is 2.28. The van der Waals surface area contributed by atoms with E-state index >= 15 is 0 Å². The van der Waals surface area contributed by atoms with E-state index in [1.807, 2.05) is 0 Å². The number of nitrogens with one attached hydrogen (secondary N) is 3. The van der Waals surface area contributed by atoms with Crippen LogP contribution in [0.5, 0.6) is 0 Å². The summed E-state index contributed by atoms with van der Waals surface area (Å²) in [6, 6.07) is 4.71. The fraction of sp³-hybridized carbons (Fsp3) is 0.682. The smallest absolute Gasteiger partial charge is 0.319 e. The Bertz CT molecular complexity index is 876. The minimum Gasteiger partial charge on any atom is -0.381 e. The van der Waals surface area contributed by atoms with Crippen molar-refractivity contribution in [2.45, 2.75) is 62.0 Å². The molecule has 3 aliphatic rings. The van der Waals surface area contributed by atoms with E-state index in [0.29, 0.717) is 44.2 Å². The maximum atomic E-state index is 13.1. The van der Waals surface area contributed by atoms with Crippen molar-refractivity contribution < 1.29 is 22.7 Å². The van der Waals surface area contributed by atoms with Gasteiger partial charge >= 0.3 is 6.03 Å². The van der Waals surface area contributed by atoms with Gasteiger partial charge in [-0.2, -0.15) is 4.31 Å². The highest BCUT2D eigenvalue weighted by atomic mass is 32.2. The van der Waals surface area contributed by atoms with Gasteiger partial charge in [0, 0.05) is 32.3 Å². The molecule has 10 heteroatoms. The lowest BCUT2D eigenvalue weighted by Crippen LogP contribution is -2.40. The van der Waals surface area contributed by atoms with Gasteiger partial charge < -0.3 is 25.4 Å². The van der Waals surface area contributed by atoms with Crippen LogP contribution in [0.1, 0.15) is 44.9 Å². The highest BCUT2D eigenvalue weighted by Gasteiger charge is 2.27. The molecule has 0 spiro atoms. The Labute approximate surface area is 190 Å². The van der Waals surface area contributed by atoms with E-state index in [2.05, 4.69) is 16.0 Å². The number of hydrogen-bond acceptors (Lipinski definition) is 6. The van der Waals surface area contributed by atoms with Gasteiger partial charge in [0.25, 0.3) is 0 Å². The number of benzene rings is 1. The molecule has 1 aromatic carbocycles. The van der Waals surface area contributed by atoms with Gasteiger partial charge in [0.2, 0.25) is 10.0 Å². The molecule has 0 radical (unpaired) electrons. The third-order valence-corrected chi connectivity index (χ3v) is 8.23. The molecule has 3 fully saturated rings. The zero-order chi connectivity index (χ0) is 22.4. The predicted octanol–water partition coefficient (Wildman–Crippen LogP) is 2.75. The maximum absolute atomic E-state index is 13.1. The quantitative estimate of drug-likeness (QED) is 0.570. The Balaban J connectivity index is 1.51. The van der Waals surface area contributed by atoms with Crippen molar-refractivity contribution in [1.29, 1.82) is 0 Å². The number of anilines is 2. The van der Waals surface area contributed by atoms with Gasteiger partial charge in [-0.1, -0.05) is 19.3 Å². The van der Waals surface area contributed by atoms with Crippen molar-refractivity contribution in [2.24, 2.45) is 0 Å². The average Bonchev–Trinajstić information content (AvgIpc) is 3.33. The predicted molar refractivity (Wildman–Crippen MR) is 123 cm³/mol. The Morgan fingerprint density at radius 1 is 1.00 bits per heavy atom. The van der Waals surface area contributed by atoms with Crippen LogP contribution in [-0.2, 0) is 19.5 Å². The molecule has 1 aliphatic carbocycles. The molecular formula is C22H34N4O5S. The van der Waals surface area contributed by atoms with Crippen LogP contribution in [0.25, 0.3) is 0 Å². The summed E-state index contributed by atoms with van der Waals surface area (Å²) in [7, 11) is -3.67. The monoisotopic (exact) mass is 466 g/mol. The summed E-state index contributed by atoms with van der Waals surface area (Å²) in [5.74, 6) is 0. The lowest BCUT2D eigenvalue weighted by molar-refractivity contribution is 0.0730. The molecule has 2 aliphatic heterocycles. The second-order valence-electron chi connectivity index (χ2n) is 8.67. The van der Waals surface area contributed by atoms with Crippen molar-refractivity contribution in [3.63, 3.8) is 0 Å². The average molecular weight is 467 g/mol. The van der Waals surface area contributed by atoms with Crippen LogP contribution in [0, 0.1) is 0 Å². The summed E-state index contributed by atoms with van der Waals surface area (Å²) >= 11 is 0. The van der Waals surface area contributed by atoms with Crippen molar-refractivity contribution in [2.75, 3.05) is 50.1 Å². The Morgan fingerprint density at radius 3 is 2.50 bits per heavy atom. The summed E-state index contributed by atoms with van der Waals surface area (Å²) in [4.78, 5) is 12.9. The van der Waals surface area contributed by atoms with Gasteiger partial charge in [-0.15, -0.1) is 0 Å². The van der Waals surface area contributed by atoms with Crippen LogP contribution in [-0.4, -0.2) is 70.4 Å². The third kappa shape index (κ3) is 5.92. The van der Waals surface area contributed by atoms with Gasteiger partial charge in [-0.25, -0.2) is 13.2 Å². The van der Waals surface area contributed by atoms with Crippen molar-refractivity contribution in [3.8, 4) is 0 Å². The summed E-state index contributed by atoms with van der Waals surface area (Å²) < 4.78 is 38.6. The van der Waals surface area contributed by atoms with Crippen LogP contribution in [0.4, 0.5) is 16.2 Å². The number of urea groups is 1. The minimum absolute atomic E-state index is 0.121. The van der Waals surface area contributed by atoms with Crippen LogP contribution in [0.3, 0.4) is 0 Å². The topological polar surface area (TPSA) is 109 Å². The molecule has 1 aromatic rings. The van der Waals surface area contributed by atoms with E-state index in [-0.39, 0.29) is 23.1 Å². The minimum atomic E-state index is -3.67. The van der Waals surface area contributed by atoms with E-state index in [0.717, 1.165) is 45.1 Å². The van der Waals surface area contributed by atoms with E-state index in [9.17, 15) is 13.2 Å².